The number of aromatic nitrogens is 2. The Morgan fingerprint density at radius 1 is 1.21 bits per heavy atom. The van der Waals surface area contributed by atoms with Crippen LogP contribution in [0.1, 0.15) is 51.9 Å². The molecule has 19 heavy (non-hydrogen) atoms. The van der Waals surface area contributed by atoms with Gasteiger partial charge in [0.1, 0.15) is 11.6 Å². The van der Waals surface area contributed by atoms with Gasteiger partial charge in [-0.05, 0) is 32.6 Å². The lowest BCUT2D eigenvalue weighted by Crippen LogP contribution is -2.17. The average Bonchev–Trinajstić information content (AvgIpc) is 2.32. The number of nitrogens with zero attached hydrogens (tertiary/aromatic N) is 2. The van der Waals surface area contributed by atoms with Gasteiger partial charge in [0, 0.05) is 13.5 Å². The molecular formula is C15H27N3O. The Kier molecular flexibility index (Phi) is 6.06. The van der Waals surface area contributed by atoms with Gasteiger partial charge in [0.05, 0.1) is 11.7 Å². The highest BCUT2D eigenvalue weighted by molar-refractivity contribution is 5.48. The minimum atomic E-state index is 0.174. The smallest absolute Gasteiger partial charge is 0.222 e. The van der Waals surface area contributed by atoms with Gasteiger partial charge < -0.3 is 10.1 Å². The molecule has 108 valence electrons. The monoisotopic (exact) mass is 265 g/mol. The highest BCUT2D eigenvalue weighted by Crippen LogP contribution is 2.24. The standard InChI is InChI=1S/C15H27N3O/c1-7-8-13-17-14(16-6)12(5)15(18-13)19-11(4)9-10(2)3/h10-11H,7-9H2,1-6H3,(H,16,17,18). The van der Waals surface area contributed by atoms with E-state index < -0.39 is 0 Å². The fourth-order valence-electron chi connectivity index (χ4n) is 2.14. The first kappa shape index (κ1) is 15.7. The summed E-state index contributed by atoms with van der Waals surface area (Å²) in [5.74, 6) is 3.06. The van der Waals surface area contributed by atoms with E-state index in [9.17, 15) is 0 Å². The van der Waals surface area contributed by atoms with Gasteiger partial charge in [0.25, 0.3) is 0 Å². The molecule has 4 heteroatoms. The number of hydrogen-bond acceptors (Lipinski definition) is 4. The van der Waals surface area contributed by atoms with Crippen molar-refractivity contribution in [2.24, 2.45) is 5.92 Å². The summed E-state index contributed by atoms with van der Waals surface area (Å²) in [7, 11) is 1.88. The first-order valence-corrected chi connectivity index (χ1v) is 7.19. The Morgan fingerprint density at radius 2 is 1.89 bits per heavy atom. The minimum Gasteiger partial charge on any atom is -0.474 e. The van der Waals surface area contributed by atoms with Crippen LogP contribution in [0, 0.1) is 12.8 Å². The predicted molar refractivity (Wildman–Crippen MR) is 79.9 cm³/mol. The number of anilines is 1. The van der Waals surface area contributed by atoms with E-state index in [1.807, 2.05) is 14.0 Å². The molecule has 1 heterocycles. The summed E-state index contributed by atoms with van der Waals surface area (Å²) in [5, 5.41) is 3.12. The zero-order valence-corrected chi connectivity index (χ0v) is 13.1. The van der Waals surface area contributed by atoms with Gasteiger partial charge in [-0.1, -0.05) is 20.8 Å². The molecule has 1 N–H and O–H groups in total. The van der Waals surface area contributed by atoms with E-state index >= 15 is 0 Å². The van der Waals surface area contributed by atoms with Crippen LogP contribution in [-0.2, 0) is 6.42 Å². The first-order chi connectivity index (χ1) is 8.97. The van der Waals surface area contributed by atoms with Gasteiger partial charge >= 0.3 is 0 Å². The zero-order valence-electron chi connectivity index (χ0n) is 13.1. The number of rotatable bonds is 7. The molecule has 1 aromatic rings. The van der Waals surface area contributed by atoms with Gasteiger partial charge in [-0.25, -0.2) is 4.98 Å². The predicted octanol–water partition coefficient (Wildman–Crippen LogP) is 3.59. The molecule has 0 aromatic carbocycles. The number of nitrogens with one attached hydrogen (secondary N) is 1. The maximum absolute atomic E-state index is 5.99. The van der Waals surface area contributed by atoms with E-state index in [0.717, 1.165) is 42.3 Å². The molecule has 0 saturated carbocycles. The van der Waals surface area contributed by atoms with Crippen LogP contribution in [0.2, 0.25) is 0 Å². The Balaban J connectivity index is 2.94. The molecule has 0 bridgehead atoms. The summed E-state index contributed by atoms with van der Waals surface area (Å²) >= 11 is 0. The van der Waals surface area contributed by atoms with Gasteiger partial charge in [0.15, 0.2) is 0 Å². The second-order valence-corrected chi connectivity index (χ2v) is 5.48. The van der Waals surface area contributed by atoms with E-state index in [0.29, 0.717) is 5.92 Å². The summed E-state index contributed by atoms with van der Waals surface area (Å²) in [6.07, 6.45) is 3.12. The number of aryl methyl sites for hydroxylation is 1. The van der Waals surface area contributed by atoms with Crippen molar-refractivity contribution in [1.82, 2.24) is 9.97 Å². The first-order valence-electron chi connectivity index (χ1n) is 7.19. The largest absolute Gasteiger partial charge is 0.474 e. The van der Waals surface area contributed by atoms with Crippen molar-refractivity contribution in [2.45, 2.75) is 60.0 Å². The molecule has 0 spiro atoms. The third-order valence-corrected chi connectivity index (χ3v) is 2.97. The topological polar surface area (TPSA) is 47.0 Å². The molecule has 4 nitrogen and oxygen atoms in total. The van der Waals surface area contributed by atoms with Gasteiger partial charge in [-0.2, -0.15) is 4.98 Å². The molecule has 0 aliphatic carbocycles. The van der Waals surface area contributed by atoms with Gasteiger partial charge in [-0.3, -0.25) is 0 Å². The van der Waals surface area contributed by atoms with Crippen LogP contribution < -0.4 is 10.1 Å². The zero-order chi connectivity index (χ0) is 14.4. The van der Waals surface area contributed by atoms with Crippen LogP contribution in [0.25, 0.3) is 0 Å². The molecule has 0 fully saturated rings. The molecule has 1 atom stereocenters. The average molecular weight is 265 g/mol. The molecule has 0 radical (unpaired) electrons. The van der Waals surface area contributed by atoms with E-state index in [4.69, 9.17) is 4.74 Å². The van der Waals surface area contributed by atoms with Crippen LogP contribution in [0.3, 0.4) is 0 Å². The van der Waals surface area contributed by atoms with Crippen molar-refractivity contribution in [3.63, 3.8) is 0 Å². The second kappa shape index (κ2) is 7.31. The quantitative estimate of drug-likeness (QED) is 0.818. The maximum Gasteiger partial charge on any atom is 0.222 e. The van der Waals surface area contributed by atoms with Crippen LogP contribution >= 0.6 is 0 Å². The normalized spacial score (nSPS) is 12.6. The van der Waals surface area contributed by atoms with E-state index in [1.54, 1.807) is 0 Å². The van der Waals surface area contributed by atoms with E-state index in [1.165, 1.54) is 0 Å². The van der Waals surface area contributed by atoms with Crippen molar-refractivity contribution < 1.29 is 4.74 Å². The summed E-state index contributed by atoms with van der Waals surface area (Å²) < 4.78 is 5.99. The van der Waals surface area contributed by atoms with Crippen molar-refractivity contribution in [3.8, 4) is 5.88 Å². The third kappa shape index (κ3) is 4.69. The van der Waals surface area contributed by atoms with Crippen molar-refractivity contribution >= 4 is 5.82 Å². The molecule has 0 amide bonds. The lowest BCUT2D eigenvalue weighted by molar-refractivity contribution is 0.183. The number of hydrogen-bond donors (Lipinski definition) is 1. The summed E-state index contributed by atoms with van der Waals surface area (Å²) in [5.41, 5.74) is 0.984. The highest BCUT2D eigenvalue weighted by Gasteiger charge is 2.14. The summed E-state index contributed by atoms with van der Waals surface area (Å²) in [6, 6.07) is 0. The van der Waals surface area contributed by atoms with Crippen molar-refractivity contribution in [3.05, 3.63) is 11.4 Å². The van der Waals surface area contributed by atoms with Gasteiger partial charge in [0.2, 0.25) is 5.88 Å². The Morgan fingerprint density at radius 3 is 2.42 bits per heavy atom. The van der Waals surface area contributed by atoms with Crippen molar-refractivity contribution in [2.75, 3.05) is 12.4 Å². The molecule has 1 aromatic heterocycles. The molecular weight excluding hydrogens is 238 g/mol. The van der Waals surface area contributed by atoms with E-state index in [-0.39, 0.29) is 6.10 Å². The molecule has 1 rings (SSSR count). The second-order valence-electron chi connectivity index (χ2n) is 5.48. The SMILES string of the molecule is CCCc1nc(NC)c(C)c(OC(C)CC(C)C)n1. The minimum absolute atomic E-state index is 0.174. The Labute approximate surface area is 117 Å². The fourth-order valence-corrected chi connectivity index (χ4v) is 2.14. The highest BCUT2D eigenvalue weighted by atomic mass is 16.5. The van der Waals surface area contributed by atoms with Crippen molar-refractivity contribution in [1.29, 1.82) is 0 Å². The lowest BCUT2D eigenvalue weighted by Gasteiger charge is -2.19. The van der Waals surface area contributed by atoms with Gasteiger partial charge in [-0.15, -0.1) is 0 Å². The summed E-state index contributed by atoms with van der Waals surface area (Å²) in [6.45, 7) is 10.6. The number of ether oxygens (including phenoxy) is 1. The van der Waals surface area contributed by atoms with E-state index in [2.05, 4.69) is 43.0 Å². The van der Waals surface area contributed by atoms with Crippen LogP contribution in [-0.4, -0.2) is 23.1 Å². The lowest BCUT2D eigenvalue weighted by atomic mass is 10.1. The Bertz CT molecular complexity index is 405. The van der Waals surface area contributed by atoms with Crippen LogP contribution in [0.15, 0.2) is 0 Å². The molecule has 1 unspecified atom stereocenters. The Hall–Kier alpha value is -1.32. The molecule has 0 saturated heterocycles. The molecule has 0 aliphatic heterocycles. The van der Waals surface area contributed by atoms with Crippen LogP contribution in [0.4, 0.5) is 5.82 Å². The fraction of sp³-hybridized carbons (Fsp3) is 0.733. The third-order valence-electron chi connectivity index (χ3n) is 2.97. The van der Waals surface area contributed by atoms with Crippen LogP contribution in [0.5, 0.6) is 5.88 Å². The summed E-state index contributed by atoms with van der Waals surface area (Å²) in [4.78, 5) is 9.05. The maximum atomic E-state index is 5.99. The molecule has 0 aliphatic rings.